The van der Waals surface area contributed by atoms with Crippen molar-refractivity contribution in [2.24, 2.45) is 39.8 Å². The number of carbonyl (C=O) groups excluding carboxylic acids is 11. The van der Waals surface area contributed by atoms with Crippen molar-refractivity contribution in [2.75, 3.05) is 50.2 Å². The van der Waals surface area contributed by atoms with Crippen molar-refractivity contribution in [3.05, 3.63) is 0 Å². The minimum Gasteiger partial charge on any atom is -0.480 e. The van der Waals surface area contributed by atoms with E-state index in [2.05, 4.69) is 47.5 Å². The zero-order valence-corrected chi connectivity index (χ0v) is 51.1. The molecule has 2 rings (SSSR count). The van der Waals surface area contributed by atoms with Gasteiger partial charge in [-0.1, -0.05) is 34.1 Å². The Bertz CT molecular complexity index is 2260. The third kappa shape index (κ3) is 24.6. The fourth-order valence-corrected chi connectivity index (χ4v) is 10.6. The zero-order chi connectivity index (χ0) is 63.2. The number of nitrogens with zero attached hydrogens (tertiary/aromatic N) is 3. The van der Waals surface area contributed by atoms with Crippen molar-refractivity contribution in [2.45, 2.75) is 191 Å². The molecule has 12 atom stereocenters. The number of thioether (sulfide) groups is 2. The van der Waals surface area contributed by atoms with Gasteiger partial charge in [0.2, 0.25) is 65.5 Å². The molecule has 29 nitrogen and oxygen atoms in total. The second-order valence-electron chi connectivity index (χ2n) is 21.6. The molecule has 2 heterocycles. The number of rotatable bonds is 40. The standard InChI is InChI=1S/C53H93N15O14S2/c1-8-30(4)41(49(78)63-36(27-40(55)71)50(79)67-22-12-16-38(67)48(77)64-37(52(81)82)26-29(2)3)65-46(75)33(14-9-10-20-54)60-44(73)34(15-11-21-58-53(56)57)61-45(74)35(19-25-84-7)62-47(76)39-17-13-23-68(39)51(80)42(31(5)70)66-43(72)32(59-28-69)18-24-83-6/h28-39,41-42,70H,8-27,54H2,1-7H3,(H2,55,71)(H,59,69)(H,60,73)(H,61,74)(H,62,76)(H,63,78)(H,64,77)(H,65,75)(H,66,72)(H,81,82)(H4,56,57,58)/t30-,31?,32-,33-,34-,35-,36-,37-,38-,39-,41-,42-/m0/s1. The summed E-state index contributed by atoms with van der Waals surface area (Å²) in [5.74, 6) is -9.41. The summed E-state index contributed by atoms with van der Waals surface area (Å²) in [6.45, 7) is 8.64. The van der Waals surface area contributed by atoms with E-state index in [0.717, 1.165) is 4.90 Å². The van der Waals surface area contributed by atoms with Gasteiger partial charge in [-0.25, -0.2) is 4.79 Å². The molecule has 2 fully saturated rings. The van der Waals surface area contributed by atoms with Gasteiger partial charge in [0.1, 0.15) is 60.4 Å². The number of likely N-dealkylation sites (tertiary alicyclic amines) is 2. The van der Waals surface area contributed by atoms with Crippen molar-refractivity contribution in [1.82, 2.24) is 52.3 Å². The van der Waals surface area contributed by atoms with E-state index in [1.165, 1.54) is 35.3 Å². The van der Waals surface area contributed by atoms with Crippen LogP contribution in [0.4, 0.5) is 0 Å². The van der Waals surface area contributed by atoms with Gasteiger partial charge >= 0.3 is 5.97 Å². The molecule has 31 heteroatoms. The zero-order valence-electron chi connectivity index (χ0n) is 49.5. The van der Waals surface area contributed by atoms with E-state index < -0.39 is 144 Å². The number of amides is 11. The Morgan fingerprint density at radius 1 is 0.619 bits per heavy atom. The minimum absolute atomic E-state index is 0.00374. The van der Waals surface area contributed by atoms with Gasteiger partial charge in [-0.3, -0.25) is 57.7 Å². The molecular weight excluding hydrogens is 1130 g/mol. The molecule has 1 unspecified atom stereocenters. The number of nitrogens with one attached hydrogen (secondary N) is 8. The summed E-state index contributed by atoms with van der Waals surface area (Å²) in [5.41, 5.74) is 22.5. The van der Waals surface area contributed by atoms with Crippen LogP contribution in [0.1, 0.15) is 125 Å². The molecule has 0 aromatic heterocycles. The largest absolute Gasteiger partial charge is 0.480 e. The van der Waals surface area contributed by atoms with Gasteiger partial charge in [0.05, 0.1) is 12.5 Å². The molecule has 2 aliphatic rings. The number of aliphatic carboxylic acids is 1. The summed E-state index contributed by atoms with van der Waals surface area (Å²) >= 11 is 2.80. The Balaban J connectivity index is 2.46. The lowest BCUT2D eigenvalue weighted by molar-refractivity contribution is -0.146. The maximum Gasteiger partial charge on any atom is 0.326 e. The number of aliphatic hydroxyl groups is 1. The Morgan fingerprint density at radius 2 is 1.10 bits per heavy atom. The molecule has 0 aliphatic carbocycles. The van der Waals surface area contributed by atoms with Gasteiger partial charge in [0.25, 0.3) is 0 Å². The van der Waals surface area contributed by atoms with Gasteiger partial charge in [0, 0.05) is 19.6 Å². The summed E-state index contributed by atoms with van der Waals surface area (Å²) in [7, 11) is 0. The van der Waals surface area contributed by atoms with Crippen molar-refractivity contribution in [1.29, 1.82) is 0 Å². The number of guanidine groups is 1. The van der Waals surface area contributed by atoms with Gasteiger partial charge in [0.15, 0.2) is 5.96 Å². The second-order valence-corrected chi connectivity index (χ2v) is 23.5. The first-order valence-corrected chi connectivity index (χ1v) is 31.4. The van der Waals surface area contributed by atoms with Crippen LogP contribution in [0.2, 0.25) is 0 Å². The van der Waals surface area contributed by atoms with Crippen LogP contribution in [-0.2, 0) is 57.5 Å². The fourth-order valence-electron chi connectivity index (χ4n) is 9.67. The van der Waals surface area contributed by atoms with E-state index in [4.69, 9.17) is 22.9 Å². The van der Waals surface area contributed by atoms with E-state index in [1.807, 2.05) is 6.26 Å². The maximum atomic E-state index is 14.5. The minimum atomic E-state index is -1.60. The third-order valence-corrected chi connectivity index (χ3v) is 15.7. The Morgan fingerprint density at radius 3 is 1.57 bits per heavy atom. The molecule has 2 aliphatic heterocycles. The predicted octanol–water partition coefficient (Wildman–Crippen LogP) is -3.40. The fraction of sp³-hybridized carbons (Fsp3) is 0.755. The average molecular weight is 1230 g/mol. The molecule has 84 heavy (non-hydrogen) atoms. The number of aliphatic hydroxyl groups excluding tert-OH is 1. The van der Waals surface area contributed by atoms with Crippen LogP contribution in [-0.4, -0.2) is 214 Å². The van der Waals surface area contributed by atoms with Crippen LogP contribution in [0.15, 0.2) is 4.99 Å². The van der Waals surface area contributed by atoms with Crippen molar-refractivity contribution >= 4 is 101 Å². The highest BCUT2D eigenvalue weighted by molar-refractivity contribution is 7.98. The third-order valence-electron chi connectivity index (χ3n) is 14.5. The van der Waals surface area contributed by atoms with E-state index in [9.17, 15) is 67.7 Å². The summed E-state index contributed by atoms with van der Waals surface area (Å²) in [6, 6.07) is -13.0. The Hall–Kier alpha value is -6.47. The van der Waals surface area contributed by atoms with Crippen LogP contribution < -0.4 is 65.5 Å². The monoisotopic (exact) mass is 1230 g/mol. The van der Waals surface area contributed by atoms with Crippen LogP contribution in [0.25, 0.3) is 0 Å². The molecule has 18 N–H and O–H groups in total. The number of nitrogens with two attached hydrogens (primary N) is 4. The molecule has 2 saturated heterocycles. The molecule has 0 aromatic rings. The molecule has 0 saturated carbocycles. The van der Waals surface area contributed by atoms with Gasteiger partial charge in [-0.15, -0.1) is 0 Å². The van der Waals surface area contributed by atoms with E-state index >= 15 is 0 Å². The highest BCUT2D eigenvalue weighted by atomic mass is 32.2. The second kappa shape index (κ2) is 38.5. The molecule has 0 bridgehead atoms. The molecule has 0 aromatic carbocycles. The van der Waals surface area contributed by atoms with Gasteiger partial charge < -0.3 is 85.5 Å². The number of primary amides is 1. The summed E-state index contributed by atoms with van der Waals surface area (Å²) < 4.78 is 0. The molecule has 0 radical (unpaired) electrons. The van der Waals surface area contributed by atoms with E-state index in [0.29, 0.717) is 50.0 Å². The normalized spacial score (nSPS) is 18.4. The highest BCUT2D eigenvalue weighted by Gasteiger charge is 2.43. The number of carboxylic acids is 1. The number of unbranched alkanes of at least 4 members (excludes halogenated alkanes) is 1. The van der Waals surface area contributed by atoms with Crippen LogP contribution in [0.3, 0.4) is 0 Å². The Kier molecular flexibility index (Phi) is 33.7. The van der Waals surface area contributed by atoms with Crippen molar-refractivity contribution in [3.8, 4) is 0 Å². The number of carbonyl (C=O) groups is 12. The van der Waals surface area contributed by atoms with E-state index in [-0.39, 0.29) is 89.4 Å². The van der Waals surface area contributed by atoms with Crippen molar-refractivity contribution < 1.29 is 67.7 Å². The van der Waals surface area contributed by atoms with Gasteiger partial charge in [-0.2, -0.15) is 23.5 Å². The van der Waals surface area contributed by atoms with Crippen LogP contribution in [0.5, 0.6) is 0 Å². The lowest BCUT2D eigenvalue weighted by Crippen LogP contribution is -2.61. The topological polar surface area (TPSA) is 464 Å². The lowest BCUT2D eigenvalue weighted by atomic mass is 9.96. The predicted molar refractivity (Wildman–Crippen MR) is 317 cm³/mol. The Labute approximate surface area is 500 Å². The first kappa shape index (κ1) is 73.6. The summed E-state index contributed by atoms with van der Waals surface area (Å²) in [6.07, 6.45) is 4.41. The molecular formula is C53H93N15O14S2. The van der Waals surface area contributed by atoms with Crippen LogP contribution in [0, 0.1) is 11.8 Å². The SMILES string of the molecule is CC[C@H](C)[C@H](NC(=O)[C@H](CCCCN)NC(=O)[C@H](CCCN=C(N)N)NC(=O)[C@H](CCSC)NC(=O)[C@@H]1CCCN1C(=O)[C@@H](NC(=O)[C@H](CCSC)NC=O)C(C)O)C(=O)N[C@@H](CC(N)=O)C(=O)N1CCC[C@H]1C(=O)N[C@@H](CC(C)C)C(=O)O. The summed E-state index contributed by atoms with van der Waals surface area (Å²) in [4.78, 5) is 169. The summed E-state index contributed by atoms with van der Waals surface area (Å²) in [5, 5.41) is 41.3. The lowest BCUT2D eigenvalue weighted by Gasteiger charge is -2.32. The first-order chi connectivity index (χ1) is 39.8. The van der Waals surface area contributed by atoms with Gasteiger partial charge in [-0.05, 0) is 126 Å². The van der Waals surface area contributed by atoms with Crippen molar-refractivity contribution in [3.63, 3.8) is 0 Å². The first-order valence-electron chi connectivity index (χ1n) is 28.6. The number of hydrogen-bond acceptors (Lipinski definition) is 17. The van der Waals surface area contributed by atoms with Crippen LogP contribution >= 0.6 is 23.5 Å². The molecule has 0 spiro atoms. The van der Waals surface area contributed by atoms with E-state index in [1.54, 1.807) is 34.0 Å². The maximum absolute atomic E-state index is 14.5. The number of carboxylic acid groups (broad SMARTS) is 1. The quantitative estimate of drug-likeness (QED) is 0.0123. The molecule has 476 valence electrons. The smallest absolute Gasteiger partial charge is 0.326 e. The average Bonchev–Trinajstić information content (AvgIpc) is 4.32. The number of aliphatic imine (C=N–C) groups is 1. The number of hydrogen-bond donors (Lipinski definition) is 14. The highest BCUT2D eigenvalue weighted by Crippen LogP contribution is 2.23. The molecule has 11 amide bonds.